The van der Waals surface area contributed by atoms with E-state index >= 15 is 0 Å². The van der Waals surface area contributed by atoms with Gasteiger partial charge in [0.25, 0.3) is 0 Å². The number of ether oxygens (including phenoxy) is 1. The number of halogens is 2. The first-order valence-electron chi connectivity index (χ1n) is 12.5. The molecule has 1 saturated heterocycles. The van der Waals surface area contributed by atoms with Crippen LogP contribution < -0.4 is 15.0 Å². The summed E-state index contributed by atoms with van der Waals surface area (Å²) >= 11 is 0. The number of rotatable bonds is 6. The lowest BCUT2D eigenvalue weighted by atomic mass is 9.91. The van der Waals surface area contributed by atoms with Crippen LogP contribution in [0.1, 0.15) is 38.2 Å². The van der Waals surface area contributed by atoms with Crippen molar-refractivity contribution in [1.82, 2.24) is 19.9 Å². The van der Waals surface area contributed by atoms with Gasteiger partial charge >= 0.3 is 0 Å². The van der Waals surface area contributed by atoms with E-state index in [1.165, 1.54) is 11.6 Å². The Morgan fingerprint density at radius 2 is 1.86 bits per heavy atom. The summed E-state index contributed by atoms with van der Waals surface area (Å²) < 4.78 is 35.4. The number of likely N-dealkylation sites (tertiary alicyclic amines) is 1. The van der Waals surface area contributed by atoms with E-state index in [-0.39, 0.29) is 17.4 Å². The maximum Gasteiger partial charge on any atom is 0.229 e. The largest absolute Gasteiger partial charge is 0.486 e. The molecular formula is C27H32F2N6O. The molecule has 1 fully saturated rings. The van der Waals surface area contributed by atoms with Gasteiger partial charge in [-0.05, 0) is 68.6 Å². The van der Waals surface area contributed by atoms with Crippen molar-refractivity contribution in [2.75, 3.05) is 50.1 Å². The molecule has 5 rings (SSSR count). The van der Waals surface area contributed by atoms with Gasteiger partial charge in [0.15, 0.2) is 17.4 Å². The van der Waals surface area contributed by atoms with E-state index in [1.807, 2.05) is 12.3 Å². The molecule has 4 heterocycles. The minimum atomic E-state index is -0.627. The third kappa shape index (κ3) is 5.26. The van der Waals surface area contributed by atoms with Crippen molar-refractivity contribution in [3.8, 4) is 17.0 Å². The fraction of sp³-hybridized carbons (Fsp3) is 0.444. The molecular weight excluding hydrogens is 462 g/mol. The monoisotopic (exact) mass is 494 g/mol. The van der Waals surface area contributed by atoms with Gasteiger partial charge in [0.05, 0.1) is 18.4 Å². The Balaban J connectivity index is 1.38. The lowest BCUT2D eigenvalue weighted by Crippen LogP contribution is -2.35. The van der Waals surface area contributed by atoms with Crippen LogP contribution in [0, 0.1) is 17.6 Å². The number of nitrogens with one attached hydrogen (secondary N) is 1. The summed E-state index contributed by atoms with van der Waals surface area (Å²) in [4.78, 5) is 17.4. The predicted molar refractivity (Wildman–Crippen MR) is 137 cm³/mol. The van der Waals surface area contributed by atoms with Crippen molar-refractivity contribution in [3.05, 3.63) is 53.9 Å². The number of pyridine rings is 1. The van der Waals surface area contributed by atoms with Crippen molar-refractivity contribution < 1.29 is 13.5 Å². The Hall–Kier alpha value is -3.33. The highest BCUT2D eigenvalue weighted by Crippen LogP contribution is 2.39. The van der Waals surface area contributed by atoms with E-state index in [0.717, 1.165) is 38.7 Å². The van der Waals surface area contributed by atoms with Crippen molar-refractivity contribution in [2.45, 2.75) is 32.6 Å². The van der Waals surface area contributed by atoms with Crippen LogP contribution in [-0.4, -0.2) is 59.7 Å². The SMILES string of the molecule is CC(C)CN1CCOc2c(F)cc(-c3nc(Nc4ccc(C5CCN(C)CC5)cn4)ncc3F)cc21. The van der Waals surface area contributed by atoms with Gasteiger partial charge in [-0.15, -0.1) is 0 Å². The van der Waals surface area contributed by atoms with E-state index in [2.05, 4.69) is 57.0 Å². The first-order valence-corrected chi connectivity index (χ1v) is 12.5. The molecule has 0 radical (unpaired) electrons. The molecule has 1 N–H and O–H groups in total. The quantitative estimate of drug-likeness (QED) is 0.504. The second-order valence-electron chi connectivity index (χ2n) is 10.1. The zero-order valence-corrected chi connectivity index (χ0v) is 21.0. The number of benzene rings is 1. The van der Waals surface area contributed by atoms with Crippen LogP contribution >= 0.6 is 0 Å². The van der Waals surface area contributed by atoms with Crippen molar-refractivity contribution in [2.24, 2.45) is 5.92 Å². The average molecular weight is 495 g/mol. The molecule has 0 spiro atoms. The zero-order chi connectivity index (χ0) is 25.2. The number of hydrogen-bond donors (Lipinski definition) is 1. The van der Waals surface area contributed by atoms with E-state index < -0.39 is 11.6 Å². The molecule has 0 saturated carbocycles. The smallest absolute Gasteiger partial charge is 0.229 e. The average Bonchev–Trinajstić information content (AvgIpc) is 2.86. The van der Waals surface area contributed by atoms with Gasteiger partial charge < -0.3 is 19.9 Å². The van der Waals surface area contributed by atoms with Gasteiger partial charge in [-0.3, -0.25) is 0 Å². The lowest BCUT2D eigenvalue weighted by molar-refractivity contribution is 0.255. The molecule has 0 aliphatic carbocycles. The molecule has 0 atom stereocenters. The first-order chi connectivity index (χ1) is 17.4. The normalized spacial score (nSPS) is 16.7. The molecule has 2 aliphatic heterocycles. The number of hydrogen-bond acceptors (Lipinski definition) is 7. The van der Waals surface area contributed by atoms with Crippen LogP contribution in [0.25, 0.3) is 11.3 Å². The highest BCUT2D eigenvalue weighted by molar-refractivity contribution is 5.72. The van der Waals surface area contributed by atoms with Gasteiger partial charge in [-0.2, -0.15) is 0 Å². The number of aromatic nitrogens is 3. The fourth-order valence-corrected chi connectivity index (χ4v) is 4.91. The van der Waals surface area contributed by atoms with E-state index in [9.17, 15) is 8.78 Å². The minimum absolute atomic E-state index is 0.0206. The molecule has 190 valence electrons. The number of nitrogens with zero attached hydrogens (tertiary/aromatic N) is 5. The summed E-state index contributed by atoms with van der Waals surface area (Å²) in [6.45, 7) is 8.18. The molecule has 2 aromatic heterocycles. The maximum absolute atomic E-state index is 15.0. The highest BCUT2D eigenvalue weighted by Gasteiger charge is 2.25. The van der Waals surface area contributed by atoms with E-state index in [0.29, 0.717) is 42.1 Å². The fourth-order valence-electron chi connectivity index (χ4n) is 4.91. The molecule has 9 heteroatoms. The van der Waals surface area contributed by atoms with Crippen LogP contribution in [0.4, 0.5) is 26.2 Å². The van der Waals surface area contributed by atoms with Gasteiger partial charge in [0.1, 0.15) is 18.1 Å². The molecule has 7 nitrogen and oxygen atoms in total. The zero-order valence-electron chi connectivity index (χ0n) is 21.0. The molecule has 36 heavy (non-hydrogen) atoms. The second-order valence-corrected chi connectivity index (χ2v) is 10.1. The Labute approximate surface area is 210 Å². The van der Waals surface area contributed by atoms with Crippen molar-refractivity contribution in [1.29, 1.82) is 0 Å². The number of anilines is 3. The Kier molecular flexibility index (Phi) is 7.00. The third-order valence-electron chi connectivity index (χ3n) is 6.79. The van der Waals surface area contributed by atoms with Crippen LogP contribution in [-0.2, 0) is 0 Å². The predicted octanol–water partition coefficient (Wildman–Crippen LogP) is 5.22. The molecule has 2 aliphatic rings. The second kappa shape index (κ2) is 10.3. The van der Waals surface area contributed by atoms with Gasteiger partial charge in [0, 0.05) is 18.3 Å². The minimum Gasteiger partial charge on any atom is -0.486 e. The molecule has 3 aromatic rings. The Morgan fingerprint density at radius 3 is 2.58 bits per heavy atom. The summed E-state index contributed by atoms with van der Waals surface area (Å²) in [5, 5.41) is 3.05. The topological polar surface area (TPSA) is 66.4 Å². The van der Waals surface area contributed by atoms with Crippen LogP contribution in [0.3, 0.4) is 0 Å². The van der Waals surface area contributed by atoms with Crippen LogP contribution in [0.2, 0.25) is 0 Å². The van der Waals surface area contributed by atoms with Gasteiger partial charge in [0.2, 0.25) is 5.95 Å². The number of fused-ring (bicyclic) bond motifs is 1. The summed E-state index contributed by atoms with van der Waals surface area (Å²) in [6, 6.07) is 6.96. The van der Waals surface area contributed by atoms with E-state index in [1.54, 1.807) is 6.07 Å². The summed E-state index contributed by atoms with van der Waals surface area (Å²) in [5.74, 6) is 0.693. The first kappa shape index (κ1) is 24.4. The third-order valence-corrected chi connectivity index (χ3v) is 6.79. The summed E-state index contributed by atoms with van der Waals surface area (Å²) in [5.41, 5.74) is 2.18. The van der Waals surface area contributed by atoms with Gasteiger partial charge in [-0.1, -0.05) is 19.9 Å². The molecule has 0 unspecified atom stereocenters. The Bertz CT molecular complexity index is 1210. The van der Waals surface area contributed by atoms with Crippen LogP contribution in [0.15, 0.2) is 36.7 Å². The summed E-state index contributed by atoms with van der Waals surface area (Å²) in [6.07, 6.45) is 5.21. The van der Waals surface area contributed by atoms with Crippen LogP contribution in [0.5, 0.6) is 5.75 Å². The van der Waals surface area contributed by atoms with E-state index in [4.69, 9.17) is 4.74 Å². The maximum atomic E-state index is 15.0. The summed E-state index contributed by atoms with van der Waals surface area (Å²) in [7, 11) is 2.15. The molecule has 1 aromatic carbocycles. The highest BCUT2D eigenvalue weighted by atomic mass is 19.1. The standard InChI is InChI=1S/C27H32F2N6O/c1-17(2)16-35-10-11-36-26-21(28)12-20(13-23(26)35)25-22(29)15-31-27(33-25)32-24-5-4-19(14-30-24)18-6-8-34(3)9-7-18/h4-5,12-15,17-18H,6-11,16H2,1-3H3,(H,30,31,32,33). The Morgan fingerprint density at radius 1 is 1.06 bits per heavy atom. The molecule has 0 bridgehead atoms. The number of piperidine rings is 1. The van der Waals surface area contributed by atoms with Gasteiger partial charge in [-0.25, -0.2) is 23.7 Å². The lowest BCUT2D eigenvalue weighted by Gasteiger charge is -2.33. The molecule has 0 amide bonds. The van der Waals surface area contributed by atoms with Crippen molar-refractivity contribution >= 4 is 17.5 Å². The van der Waals surface area contributed by atoms with Crippen molar-refractivity contribution in [3.63, 3.8) is 0 Å².